The van der Waals surface area contributed by atoms with E-state index in [1.54, 1.807) is 16.7 Å². The summed E-state index contributed by atoms with van der Waals surface area (Å²) in [5, 5.41) is 11.9. The Kier molecular flexibility index (Phi) is 42.1. The van der Waals surface area contributed by atoms with Crippen molar-refractivity contribution in [2.75, 3.05) is 39.3 Å². The third kappa shape index (κ3) is 28.1. The minimum absolute atomic E-state index is 0. The van der Waals surface area contributed by atoms with Gasteiger partial charge in [0.2, 0.25) is 0 Å². The molecular formula is C26H53HfN3. The van der Waals surface area contributed by atoms with Gasteiger partial charge in [0.05, 0.1) is 0 Å². The molecule has 1 aromatic rings. The Morgan fingerprint density at radius 2 is 1.00 bits per heavy atom. The minimum Gasteiger partial charge on any atom is -0.663 e. The van der Waals surface area contributed by atoms with E-state index >= 15 is 0 Å². The van der Waals surface area contributed by atoms with E-state index in [2.05, 4.69) is 48.9 Å². The standard InChI is InChI=1S/C14H23.3C4H10N.Hf/c1-4-7-12-10-13(8-5-2)14(11-12)9-6-3;3*1-3-5-4-2;/h10-11H,4-9H2,1-3H3;3*3-4H2,1-2H3;/q4*-1;+4. The van der Waals surface area contributed by atoms with Crippen LogP contribution in [0.15, 0.2) is 12.1 Å². The molecule has 3 nitrogen and oxygen atoms in total. The molecule has 0 fully saturated rings. The summed E-state index contributed by atoms with van der Waals surface area (Å²) in [4.78, 5) is 0. The molecule has 0 radical (unpaired) electrons. The van der Waals surface area contributed by atoms with Crippen LogP contribution in [0.2, 0.25) is 0 Å². The van der Waals surface area contributed by atoms with Crippen LogP contribution in [0.1, 0.15) is 98.3 Å². The van der Waals surface area contributed by atoms with Crippen molar-refractivity contribution < 1.29 is 25.8 Å². The van der Waals surface area contributed by atoms with E-state index in [9.17, 15) is 0 Å². The molecule has 0 bridgehead atoms. The average molecular weight is 586 g/mol. The van der Waals surface area contributed by atoms with Crippen LogP contribution in [0.5, 0.6) is 0 Å². The van der Waals surface area contributed by atoms with Crippen molar-refractivity contribution in [2.45, 2.75) is 101 Å². The van der Waals surface area contributed by atoms with E-state index < -0.39 is 0 Å². The van der Waals surface area contributed by atoms with Crippen LogP contribution in [-0.2, 0) is 45.1 Å². The number of rotatable bonds is 12. The van der Waals surface area contributed by atoms with Crippen LogP contribution in [-0.4, -0.2) is 39.3 Å². The fourth-order valence-corrected chi connectivity index (χ4v) is 2.78. The van der Waals surface area contributed by atoms with Crippen LogP contribution < -0.4 is 0 Å². The van der Waals surface area contributed by atoms with Crippen LogP contribution >= 0.6 is 0 Å². The van der Waals surface area contributed by atoms with Gasteiger partial charge >= 0.3 is 25.8 Å². The molecule has 4 heteroatoms. The van der Waals surface area contributed by atoms with Crippen molar-refractivity contribution in [1.82, 2.24) is 0 Å². The van der Waals surface area contributed by atoms with Gasteiger partial charge in [-0.05, 0) is 0 Å². The SMILES string of the molecule is CCCc1cc(CCC)[c-](CCC)c1.CC[N-]CC.CC[N-]CC.CC[N-]CC.[Hf+4]. The molecule has 0 saturated heterocycles. The predicted octanol–water partition coefficient (Wildman–Crippen LogP) is 8.46. The van der Waals surface area contributed by atoms with E-state index in [0.717, 1.165) is 39.3 Å². The van der Waals surface area contributed by atoms with Gasteiger partial charge in [0, 0.05) is 0 Å². The summed E-state index contributed by atoms with van der Waals surface area (Å²) in [5.41, 5.74) is 4.77. The van der Waals surface area contributed by atoms with Crippen molar-refractivity contribution in [1.29, 1.82) is 0 Å². The average Bonchev–Trinajstić information content (AvgIpc) is 3.07. The largest absolute Gasteiger partial charge is 4.00 e. The van der Waals surface area contributed by atoms with Crippen molar-refractivity contribution in [3.05, 3.63) is 44.8 Å². The van der Waals surface area contributed by atoms with Gasteiger partial charge in [0.15, 0.2) is 0 Å². The Bertz CT molecular complexity index is 348. The summed E-state index contributed by atoms with van der Waals surface area (Å²) in [7, 11) is 0. The van der Waals surface area contributed by atoms with E-state index in [4.69, 9.17) is 0 Å². The summed E-state index contributed by atoms with van der Waals surface area (Å²) >= 11 is 0. The second kappa shape index (κ2) is 33.7. The third-order valence-corrected chi connectivity index (χ3v) is 4.05. The maximum Gasteiger partial charge on any atom is 4.00 e. The first-order valence-corrected chi connectivity index (χ1v) is 12.2. The first-order valence-electron chi connectivity index (χ1n) is 12.2. The van der Waals surface area contributed by atoms with Crippen LogP contribution in [0, 0.1) is 0 Å². The van der Waals surface area contributed by atoms with Gasteiger partial charge in [-0.1, -0.05) is 101 Å². The van der Waals surface area contributed by atoms with Gasteiger partial charge in [0.25, 0.3) is 0 Å². The van der Waals surface area contributed by atoms with E-state index in [-0.39, 0.29) is 25.8 Å². The van der Waals surface area contributed by atoms with Crippen molar-refractivity contribution >= 4 is 0 Å². The molecule has 0 atom stereocenters. The molecule has 176 valence electrons. The molecule has 0 aromatic heterocycles. The first kappa shape index (κ1) is 37.4. The first-order chi connectivity index (χ1) is 14.1. The molecule has 0 spiro atoms. The van der Waals surface area contributed by atoms with Gasteiger partial charge < -0.3 is 16.0 Å². The quantitative estimate of drug-likeness (QED) is 0.174. The van der Waals surface area contributed by atoms with Gasteiger partial charge in [0.1, 0.15) is 0 Å². The summed E-state index contributed by atoms with van der Waals surface area (Å²) in [5.74, 6) is 0. The molecular weight excluding hydrogens is 533 g/mol. The fourth-order valence-electron chi connectivity index (χ4n) is 2.78. The predicted molar refractivity (Wildman–Crippen MR) is 137 cm³/mol. The molecule has 0 aliphatic rings. The molecule has 0 aliphatic carbocycles. The summed E-state index contributed by atoms with van der Waals surface area (Å²) in [6.45, 7) is 24.9. The van der Waals surface area contributed by atoms with Gasteiger partial charge in [-0.25, -0.2) is 6.07 Å². The Balaban J connectivity index is -0.000000176. The Labute approximate surface area is 210 Å². The normalized spacial score (nSPS) is 9.23. The number of aryl methyl sites for hydroxylation is 3. The van der Waals surface area contributed by atoms with Crippen molar-refractivity contribution in [2.24, 2.45) is 0 Å². The number of hydrogen-bond acceptors (Lipinski definition) is 0. The maximum absolute atomic E-state index is 3.97. The van der Waals surface area contributed by atoms with E-state index in [1.165, 1.54) is 38.5 Å². The molecule has 0 unspecified atom stereocenters. The zero-order valence-corrected chi connectivity index (χ0v) is 25.6. The Hall–Kier alpha value is 0.100. The Morgan fingerprint density at radius 3 is 1.27 bits per heavy atom. The second-order valence-electron chi connectivity index (χ2n) is 6.73. The molecule has 0 amide bonds. The summed E-state index contributed by atoms with van der Waals surface area (Å²) in [6.07, 6.45) is 7.58. The molecule has 0 N–H and O–H groups in total. The maximum atomic E-state index is 3.97. The summed E-state index contributed by atoms with van der Waals surface area (Å²) < 4.78 is 0. The van der Waals surface area contributed by atoms with Crippen LogP contribution in [0.4, 0.5) is 0 Å². The zero-order valence-electron chi connectivity index (χ0n) is 22.0. The molecule has 30 heavy (non-hydrogen) atoms. The minimum atomic E-state index is 0. The van der Waals surface area contributed by atoms with Crippen LogP contribution in [0.3, 0.4) is 0 Å². The Morgan fingerprint density at radius 1 is 0.600 bits per heavy atom. The zero-order chi connectivity index (χ0) is 22.8. The van der Waals surface area contributed by atoms with Gasteiger partial charge in [-0.3, -0.25) is 0 Å². The topological polar surface area (TPSA) is 42.3 Å². The number of hydrogen-bond donors (Lipinski definition) is 0. The van der Waals surface area contributed by atoms with Crippen molar-refractivity contribution in [3.63, 3.8) is 0 Å². The molecule has 0 heterocycles. The van der Waals surface area contributed by atoms with Crippen molar-refractivity contribution in [3.8, 4) is 0 Å². The smallest absolute Gasteiger partial charge is 0.663 e. The number of nitrogens with zero attached hydrogens (tertiary/aromatic N) is 3. The fraction of sp³-hybridized carbons (Fsp3) is 0.808. The van der Waals surface area contributed by atoms with E-state index in [0.29, 0.717) is 0 Å². The van der Waals surface area contributed by atoms with E-state index in [1.807, 2.05) is 41.5 Å². The molecule has 1 aromatic carbocycles. The third-order valence-electron chi connectivity index (χ3n) is 4.05. The molecule has 1 rings (SSSR count). The monoisotopic (exact) mass is 587 g/mol. The summed E-state index contributed by atoms with van der Waals surface area (Å²) in [6, 6.07) is 4.86. The molecule has 0 saturated carbocycles. The van der Waals surface area contributed by atoms with Gasteiger partial charge in [-0.15, -0.1) is 0 Å². The van der Waals surface area contributed by atoms with Crippen LogP contribution in [0.25, 0.3) is 16.0 Å². The second-order valence-corrected chi connectivity index (χ2v) is 6.73. The molecule has 0 aliphatic heterocycles. The van der Waals surface area contributed by atoms with Gasteiger partial charge in [-0.2, -0.15) is 62.0 Å².